The predicted octanol–water partition coefficient (Wildman–Crippen LogP) is 10.9. The van der Waals surface area contributed by atoms with Gasteiger partial charge in [0, 0.05) is 46.7 Å². The van der Waals surface area contributed by atoms with Crippen LogP contribution in [-0.4, -0.2) is 28.2 Å². The van der Waals surface area contributed by atoms with E-state index in [0.29, 0.717) is 0 Å². The van der Waals surface area contributed by atoms with Crippen molar-refractivity contribution in [1.82, 2.24) is 28.2 Å². The molecule has 11 rings (SSSR count). The van der Waals surface area contributed by atoms with E-state index in [9.17, 15) is 0 Å². The molecule has 8 bridgehead atoms. The number of aromatic nitrogens is 6. The van der Waals surface area contributed by atoms with Gasteiger partial charge >= 0.3 is 0 Å². The Morgan fingerprint density at radius 2 is 0.712 bits per heavy atom. The summed E-state index contributed by atoms with van der Waals surface area (Å²) in [6, 6.07) is 47.8. The standard InChI is InChI=1S/C46H32N6/c1-49-31-21-25-43(49)45(51-39-15-7-3-11-33(39)34-12-4-8-16-40(34)51)37-23-20-30(48-37)28-32-22-26-44(50(32)2)46(38-24-19-29(27-31)47-38)52-41-17-9-5-13-35(41)36-14-6-10-18-42(36)52/h3-28H,1-2H3. The Labute approximate surface area is 299 Å². The van der Waals surface area contributed by atoms with Crippen molar-refractivity contribution < 1.29 is 0 Å². The van der Waals surface area contributed by atoms with Crippen LogP contribution in [0.25, 0.3) is 101 Å². The van der Waals surface area contributed by atoms with Gasteiger partial charge in [0.25, 0.3) is 0 Å². The monoisotopic (exact) mass is 668 g/mol. The molecule has 246 valence electrons. The topological polar surface area (TPSA) is 45.5 Å². The Hall–Kier alpha value is -6.92. The fourth-order valence-electron chi connectivity index (χ4n) is 8.35. The fourth-order valence-corrected chi connectivity index (χ4v) is 8.35. The molecule has 5 aromatic heterocycles. The highest BCUT2D eigenvalue weighted by Gasteiger charge is 2.20. The molecule has 0 radical (unpaired) electrons. The van der Waals surface area contributed by atoms with Gasteiger partial charge in [0.2, 0.25) is 0 Å². The van der Waals surface area contributed by atoms with Crippen molar-refractivity contribution in [2.75, 3.05) is 0 Å². The number of fused-ring (bicyclic) bond motifs is 14. The lowest BCUT2D eigenvalue weighted by Gasteiger charge is -2.12. The fraction of sp³-hybridized carbons (Fsp3) is 0.0435. The first-order valence-corrected chi connectivity index (χ1v) is 17.6. The van der Waals surface area contributed by atoms with Gasteiger partial charge in [0.05, 0.1) is 67.3 Å². The van der Waals surface area contributed by atoms with Gasteiger partial charge in [0.1, 0.15) is 0 Å². The highest BCUT2D eigenvalue weighted by Crippen LogP contribution is 2.38. The molecular formula is C46H32N6. The molecule has 9 aromatic rings. The first kappa shape index (κ1) is 28.9. The normalized spacial score (nSPS) is 12.7. The number of aryl methyl sites for hydroxylation is 2. The maximum atomic E-state index is 5.33. The second kappa shape index (κ2) is 10.8. The maximum Gasteiger partial charge on any atom is 0.0959 e. The van der Waals surface area contributed by atoms with E-state index in [4.69, 9.17) is 9.97 Å². The Morgan fingerprint density at radius 1 is 0.365 bits per heavy atom. The van der Waals surface area contributed by atoms with E-state index in [-0.39, 0.29) is 0 Å². The molecule has 6 nitrogen and oxygen atoms in total. The molecule has 0 unspecified atom stereocenters. The summed E-state index contributed by atoms with van der Waals surface area (Å²) in [5.41, 5.74) is 14.6. The van der Waals surface area contributed by atoms with Gasteiger partial charge in [-0.15, -0.1) is 0 Å². The second-order valence-electron chi connectivity index (χ2n) is 13.6. The summed E-state index contributed by atoms with van der Waals surface area (Å²) in [5, 5.41) is 4.88. The summed E-state index contributed by atoms with van der Waals surface area (Å²) in [6.45, 7) is 0. The van der Waals surface area contributed by atoms with E-state index in [2.05, 4.69) is 190 Å². The lowest BCUT2D eigenvalue weighted by atomic mass is 10.2. The molecule has 6 heteroatoms. The van der Waals surface area contributed by atoms with Crippen molar-refractivity contribution in [1.29, 1.82) is 0 Å². The number of nitrogens with zero attached hydrogens (tertiary/aromatic N) is 6. The first-order chi connectivity index (χ1) is 25.6. The van der Waals surface area contributed by atoms with Crippen LogP contribution in [-0.2, 0) is 14.1 Å². The zero-order valence-electron chi connectivity index (χ0n) is 28.7. The number of benzene rings is 4. The molecule has 4 aromatic carbocycles. The number of hydrogen-bond donors (Lipinski definition) is 0. The molecule has 0 atom stereocenters. The molecule has 0 fully saturated rings. The Balaban J connectivity index is 1.29. The molecule has 0 saturated heterocycles. The Kier molecular flexibility index (Phi) is 5.99. The molecule has 52 heavy (non-hydrogen) atoms. The molecule has 0 spiro atoms. The number of para-hydroxylation sites is 4. The van der Waals surface area contributed by atoms with Crippen molar-refractivity contribution in [3.63, 3.8) is 0 Å². The van der Waals surface area contributed by atoms with Gasteiger partial charge < -0.3 is 18.3 Å². The number of rotatable bonds is 2. The Morgan fingerprint density at radius 3 is 1.08 bits per heavy atom. The highest BCUT2D eigenvalue weighted by atomic mass is 15.1. The van der Waals surface area contributed by atoms with E-state index < -0.39 is 0 Å². The minimum absolute atomic E-state index is 0.904. The van der Waals surface area contributed by atoms with Crippen molar-refractivity contribution in [3.8, 4) is 11.4 Å². The van der Waals surface area contributed by atoms with Crippen molar-refractivity contribution in [2.24, 2.45) is 14.1 Å². The van der Waals surface area contributed by atoms with Crippen LogP contribution >= 0.6 is 0 Å². The van der Waals surface area contributed by atoms with Crippen LogP contribution in [0.15, 0.2) is 133 Å². The van der Waals surface area contributed by atoms with E-state index in [0.717, 1.165) is 78.3 Å². The number of hydrogen-bond acceptors (Lipinski definition) is 2. The summed E-state index contributed by atoms with van der Waals surface area (Å²) >= 11 is 0. The van der Waals surface area contributed by atoms with Crippen LogP contribution in [0, 0.1) is 0 Å². The summed E-state index contributed by atoms with van der Waals surface area (Å²) in [6.07, 6.45) is 8.57. The molecule has 2 aliphatic rings. The molecule has 0 aliphatic carbocycles. The smallest absolute Gasteiger partial charge is 0.0959 e. The van der Waals surface area contributed by atoms with Crippen LogP contribution in [0.5, 0.6) is 0 Å². The van der Waals surface area contributed by atoms with Gasteiger partial charge in [-0.05, 0) is 85.0 Å². The van der Waals surface area contributed by atoms with Crippen LogP contribution in [0.2, 0.25) is 0 Å². The molecule has 0 saturated carbocycles. The minimum Gasteiger partial charge on any atom is -0.343 e. The van der Waals surface area contributed by atoms with Gasteiger partial charge in [-0.3, -0.25) is 0 Å². The molecule has 0 N–H and O–H groups in total. The van der Waals surface area contributed by atoms with Gasteiger partial charge in [-0.1, -0.05) is 72.8 Å². The van der Waals surface area contributed by atoms with Crippen LogP contribution in [0.3, 0.4) is 0 Å². The third-order valence-corrected chi connectivity index (χ3v) is 10.8. The van der Waals surface area contributed by atoms with Crippen molar-refractivity contribution in [2.45, 2.75) is 0 Å². The SMILES string of the molecule is Cn1c2ccc1c(-n1c3ccccc3c3ccccc31)c1nc(cc3ccc(c(-n4c5ccccc5c5ccccc54)c4nc(c2)C=C4)n3C)C=C1. The minimum atomic E-state index is 0.904. The zero-order valence-corrected chi connectivity index (χ0v) is 28.7. The zero-order chi connectivity index (χ0) is 34.5. The lowest BCUT2D eigenvalue weighted by Crippen LogP contribution is -2.01. The lowest BCUT2D eigenvalue weighted by molar-refractivity contribution is 0.991. The third-order valence-electron chi connectivity index (χ3n) is 10.8. The molecule has 7 heterocycles. The second-order valence-corrected chi connectivity index (χ2v) is 13.6. The van der Waals surface area contributed by atoms with Crippen LogP contribution < -0.4 is 0 Å². The molecule has 0 amide bonds. The van der Waals surface area contributed by atoms with Crippen molar-refractivity contribution >= 4 is 90.0 Å². The average molecular weight is 669 g/mol. The molecule has 2 aliphatic heterocycles. The quantitative estimate of drug-likeness (QED) is 0.184. The predicted molar refractivity (Wildman–Crippen MR) is 217 cm³/mol. The van der Waals surface area contributed by atoms with Gasteiger partial charge in [-0.2, -0.15) is 0 Å². The van der Waals surface area contributed by atoms with E-state index in [1.165, 1.54) is 21.5 Å². The summed E-state index contributed by atoms with van der Waals surface area (Å²) in [7, 11) is 4.27. The summed E-state index contributed by atoms with van der Waals surface area (Å²) < 4.78 is 9.28. The largest absolute Gasteiger partial charge is 0.343 e. The molecular weight excluding hydrogens is 637 g/mol. The van der Waals surface area contributed by atoms with E-state index in [1.807, 2.05) is 0 Å². The van der Waals surface area contributed by atoms with Gasteiger partial charge in [-0.25, -0.2) is 9.97 Å². The van der Waals surface area contributed by atoms with E-state index in [1.54, 1.807) is 0 Å². The van der Waals surface area contributed by atoms with Crippen LogP contribution in [0.1, 0.15) is 22.8 Å². The van der Waals surface area contributed by atoms with E-state index >= 15 is 0 Å². The van der Waals surface area contributed by atoms with Gasteiger partial charge in [0.15, 0.2) is 0 Å². The van der Waals surface area contributed by atoms with Crippen LogP contribution in [0.4, 0.5) is 0 Å². The third kappa shape index (κ3) is 4.06. The first-order valence-electron chi connectivity index (χ1n) is 17.6. The summed E-state index contributed by atoms with van der Waals surface area (Å²) in [5.74, 6) is 0. The maximum absolute atomic E-state index is 5.33. The van der Waals surface area contributed by atoms with Crippen molar-refractivity contribution in [3.05, 3.63) is 156 Å². The Bertz CT molecular complexity index is 2890. The summed E-state index contributed by atoms with van der Waals surface area (Å²) in [4.78, 5) is 10.7. The average Bonchev–Trinajstić information content (AvgIpc) is 4.04. The highest BCUT2D eigenvalue weighted by molar-refractivity contribution is 6.11.